The van der Waals surface area contributed by atoms with Crippen molar-refractivity contribution < 1.29 is 22.0 Å². The Balaban J connectivity index is 4.80. The summed E-state index contributed by atoms with van der Waals surface area (Å²) in [5, 5.41) is 0. The highest BCUT2D eigenvalue weighted by Crippen LogP contribution is 1.99. The van der Waals surface area contributed by atoms with Crippen LogP contribution in [0.1, 0.15) is 4.11 Å². The van der Waals surface area contributed by atoms with Crippen molar-refractivity contribution in [3.63, 3.8) is 0 Å². The lowest BCUT2D eigenvalue weighted by molar-refractivity contribution is 0.295. The average Bonchev–Trinajstić information content (AvgIpc) is 1.20. The summed E-state index contributed by atoms with van der Waals surface area (Å²) in [4.78, 5) is 0. The van der Waals surface area contributed by atoms with Crippen molar-refractivity contribution in [2.24, 2.45) is 0 Å². The van der Waals surface area contributed by atoms with Gasteiger partial charge in [0.2, 0.25) is 0 Å². The van der Waals surface area contributed by atoms with Gasteiger partial charge in [-0.25, -0.2) is 4.21 Å². The van der Waals surface area contributed by atoms with Gasteiger partial charge in [0.25, 0.3) is 0 Å². The van der Waals surface area contributed by atoms with E-state index in [2.05, 4.69) is 0 Å². The van der Waals surface area contributed by atoms with E-state index >= 15 is 0 Å². The highest BCUT2D eigenvalue weighted by atomic mass is 32.3. The fourth-order valence-electron chi connectivity index (χ4n) is 0. The number of rotatable bonds is 0. The normalized spacial score (nSPS) is 28.5. The molecule has 40 valence electrons. The van der Waals surface area contributed by atoms with Crippen molar-refractivity contribution >= 4 is 9.91 Å². The Labute approximate surface area is 39.3 Å². The summed E-state index contributed by atoms with van der Waals surface area (Å²) in [6.07, 6.45) is -3.66. The number of hydrogen-bond acceptors (Lipinski definition) is 1. The van der Waals surface area contributed by atoms with Crippen molar-refractivity contribution in [3.05, 3.63) is 0 Å². The predicted octanol–water partition coefficient (Wildman–Crippen LogP) is -0.145. The molecule has 0 aromatic carbocycles. The molecule has 5 heteroatoms. The molecular weight excluding hydrogens is 108 g/mol. The SMILES string of the molecule is [2H]C([2H])([2H])S(=O)(O)(O)O. The summed E-state index contributed by atoms with van der Waals surface area (Å²) in [5.41, 5.74) is 0. The summed E-state index contributed by atoms with van der Waals surface area (Å²) in [6.45, 7) is 0. The molecule has 0 saturated heterocycles. The Kier molecular flexibility index (Phi) is 0.320. The van der Waals surface area contributed by atoms with Crippen LogP contribution in [0.15, 0.2) is 0 Å². The second-order valence-corrected chi connectivity index (χ2v) is 2.48. The maximum Gasteiger partial charge on any atom is 0.183 e. The zero-order valence-electron chi connectivity index (χ0n) is 5.66. The zero-order chi connectivity index (χ0) is 7.95. The van der Waals surface area contributed by atoms with Gasteiger partial charge in [0, 0.05) is 4.11 Å². The largest absolute Gasteiger partial charge is 0.289 e. The lowest BCUT2D eigenvalue weighted by Crippen LogP contribution is -2.26. The lowest BCUT2D eigenvalue weighted by atomic mass is 12.0. The van der Waals surface area contributed by atoms with Crippen LogP contribution in [0, 0.1) is 0 Å². The first kappa shape index (κ1) is 2.37. The molecule has 0 spiro atoms. The van der Waals surface area contributed by atoms with Crippen LogP contribution in [0.4, 0.5) is 0 Å². The molecule has 0 unspecified atom stereocenters. The van der Waals surface area contributed by atoms with E-state index in [0.29, 0.717) is 0 Å². The molecule has 6 heavy (non-hydrogen) atoms. The Morgan fingerprint density at radius 3 is 1.83 bits per heavy atom. The van der Waals surface area contributed by atoms with E-state index < -0.39 is 16.1 Å². The molecule has 0 rings (SSSR count). The Morgan fingerprint density at radius 2 is 1.83 bits per heavy atom. The maximum absolute atomic E-state index is 9.91. The van der Waals surface area contributed by atoms with Crippen molar-refractivity contribution in [1.29, 1.82) is 0 Å². The molecule has 0 aliphatic heterocycles. The van der Waals surface area contributed by atoms with Crippen LogP contribution in [0.5, 0.6) is 0 Å². The van der Waals surface area contributed by atoms with Gasteiger partial charge in [0.15, 0.2) is 9.91 Å². The standard InChI is InChI=1S/CH6O4S/c1-6(2,3,4)5/h1H3,(H3,2,3,4,5)/i1D3. The summed E-state index contributed by atoms with van der Waals surface area (Å²) < 4.78 is 52.0. The van der Waals surface area contributed by atoms with Crippen molar-refractivity contribution in [1.82, 2.24) is 0 Å². The molecular formula is CH6O4S. The van der Waals surface area contributed by atoms with E-state index in [1.165, 1.54) is 0 Å². The van der Waals surface area contributed by atoms with Crippen molar-refractivity contribution in [3.8, 4) is 0 Å². The molecule has 0 aromatic heterocycles. The fraction of sp³-hybridized carbons (Fsp3) is 1.00. The van der Waals surface area contributed by atoms with Gasteiger partial charge < -0.3 is 0 Å². The topological polar surface area (TPSA) is 77.8 Å². The van der Waals surface area contributed by atoms with Crippen LogP contribution in [0.25, 0.3) is 0 Å². The molecule has 0 aliphatic carbocycles. The molecule has 0 radical (unpaired) electrons. The maximum atomic E-state index is 9.91. The Hall–Kier alpha value is 0.0300. The van der Waals surface area contributed by atoms with Gasteiger partial charge in [-0.2, -0.15) is 0 Å². The quantitative estimate of drug-likeness (QED) is 0.412. The molecule has 0 heterocycles. The molecule has 0 amide bonds. The van der Waals surface area contributed by atoms with Crippen LogP contribution >= 0.6 is 0 Å². The average molecular weight is 117 g/mol. The van der Waals surface area contributed by atoms with Crippen molar-refractivity contribution in [2.75, 3.05) is 6.18 Å². The molecule has 3 N–H and O–H groups in total. The van der Waals surface area contributed by atoms with Gasteiger partial charge in [0.1, 0.15) is 0 Å². The molecule has 4 nitrogen and oxygen atoms in total. The van der Waals surface area contributed by atoms with E-state index in [1.807, 2.05) is 0 Å². The van der Waals surface area contributed by atoms with E-state index in [9.17, 15) is 4.21 Å². The summed E-state index contributed by atoms with van der Waals surface area (Å²) in [7, 11) is -6.33. The first-order valence-electron chi connectivity index (χ1n) is 2.42. The first-order valence-corrected chi connectivity index (χ1v) is 2.76. The van der Waals surface area contributed by atoms with Crippen molar-refractivity contribution in [2.45, 2.75) is 0 Å². The second-order valence-electron chi connectivity index (χ2n) is 0.826. The molecule has 0 bridgehead atoms. The van der Waals surface area contributed by atoms with Crippen LogP contribution in [-0.2, 0) is 9.91 Å². The highest BCUT2D eigenvalue weighted by Gasteiger charge is 2.13. The zero-order valence-corrected chi connectivity index (χ0v) is 3.47. The molecule has 0 atom stereocenters. The van der Waals surface area contributed by atoms with Crippen LogP contribution in [-0.4, -0.2) is 24.1 Å². The van der Waals surface area contributed by atoms with E-state index in [1.54, 1.807) is 0 Å². The predicted molar refractivity (Wildman–Crippen MR) is 22.0 cm³/mol. The Morgan fingerprint density at radius 1 is 1.67 bits per heavy atom. The molecule has 0 fully saturated rings. The summed E-state index contributed by atoms with van der Waals surface area (Å²) in [6, 6.07) is 0. The van der Waals surface area contributed by atoms with Crippen LogP contribution < -0.4 is 0 Å². The minimum absolute atomic E-state index is 3.66. The third-order valence-electron chi connectivity index (χ3n) is 0. The third-order valence-corrected chi connectivity index (χ3v) is 0. The fourth-order valence-corrected chi connectivity index (χ4v) is 0. The van der Waals surface area contributed by atoms with Crippen LogP contribution in [0.3, 0.4) is 0 Å². The summed E-state index contributed by atoms with van der Waals surface area (Å²) in [5.74, 6) is 0. The van der Waals surface area contributed by atoms with Crippen LogP contribution in [0.2, 0.25) is 0 Å². The lowest BCUT2D eigenvalue weighted by Gasteiger charge is -2.14. The monoisotopic (exact) mass is 117 g/mol. The minimum atomic E-state index is -6.33. The highest BCUT2D eigenvalue weighted by molar-refractivity contribution is 8.04. The van der Waals surface area contributed by atoms with E-state index in [0.717, 1.165) is 0 Å². The van der Waals surface area contributed by atoms with E-state index in [-0.39, 0.29) is 0 Å². The van der Waals surface area contributed by atoms with E-state index in [4.69, 9.17) is 17.8 Å². The molecule has 0 aliphatic rings. The van der Waals surface area contributed by atoms with Gasteiger partial charge in [0.05, 0.1) is 6.18 Å². The number of hydrogen-bond donors (Lipinski definition) is 3. The van der Waals surface area contributed by atoms with Gasteiger partial charge in [-0.15, -0.1) is 0 Å². The molecule has 0 aromatic rings. The second kappa shape index (κ2) is 0.812. The van der Waals surface area contributed by atoms with Gasteiger partial charge in [-0.1, -0.05) is 0 Å². The van der Waals surface area contributed by atoms with Gasteiger partial charge in [-0.05, 0) is 0 Å². The third kappa shape index (κ3) is 41100. The first-order chi connectivity index (χ1) is 3.51. The Bertz CT molecular complexity index is 164. The molecule has 0 saturated carbocycles. The smallest absolute Gasteiger partial charge is 0.183 e. The van der Waals surface area contributed by atoms with Gasteiger partial charge >= 0.3 is 0 Å². The summed E-state index contributed by atoms with van der Waals surface area (Å²) >= 11 is 0. The van der Waals surface area contributed by atoms with Gasteiger partial charge in [-0.3, -0.25) is 13.7 Å². The minimum Gasteiger partial charge on any atom is -0.289 e.